The van der Waals surface area contributed by atoms with Gasteiger partial charge in [-0.1, -0.05) is 30.3 Å². The quantitative estimate of drug-likeness (QED) is 0.166. The summed E-state index contributed by atoms with van der Waals surface area (Å²) in [6.07, 6.45) is 6.70. The van der Waals surface area contributed by atoms with Gasteiger partial charge in [-0.05, 0) is 75.4 Å². The number of nitro benzene ring substituents is 1. The van der Waals surface area contributed by atoms with Crippen LogP contribution >= 0.6 is 0 Å². The fourth-order valence-corrected chi connectivity index (χ4v) is 6.03. The monoisotopic (exact) mass is 591 g/mol. The molecule has 5 rings (SSSR count). The molecule has 1 N–H and O–H groups in total. The van der Waals surface area contributed by atoms with Crippen molar-refractivity contribution in [2.45, 2.75) is 43.9 Å². The first-order valence-electron chi connectivity index (χ1n) is 14.0. The Morgan fingerprint density at radius 1 is 1.00 bits per heavy atom. The lowest BCUT2D eigenvalue weighted by Crippen LogP contribution is -2.34. The number of hydrogen-bond donors (Lipinski definition) is 1. The van der Waals surface area contributed by atoms with Gasteiger partial charge in [0, 0.05) is 55.2 Å². The minimum atomic E-state index is -4.52. The van der Waals surface area contributed by atoms with Crippen LogP contribution in [0.25, 0.3) is 6.08 Å². The molecular weight excluding hydrogens is 554 g/mol. The van der Waals surface area contributed by atoms with E-state index in [1.54, 1.807) is 0 Å². The van der Waals surface area contributed by atoms with Gasteiger partial charge in [0.1, 0.15) is 16.7 Å². The first kappa shape index (κ1) is 31.1. The number of rotatable bonds is 7. The number of para-hydroxylation sites is 1. The first-order chi connectivity index (χ1) is 20.0. The number of aliphatic hydroxyl groups excluding tert-OH is 1. The van der Waals surface area contributed by atoms with E-state index in [4.69, 9.17) is 0 Å². The van der Waals surface area contributed by atoms with Gasteiger partial charge < -0.3 is 14.6 Å². The third-order valence-corrected chi connectivity index (χ3v) is 8.87. The van der Waals surface area contributed by atoms with E-state index in [0.29, 0.717) is 12.5 Å². The fourth-order valence-electron chi connectivity index (χ4n) is 5.56. The molecule has 2 aliphatic rings. The summed E-state index contributed by atoms with van der Waals surface area (Å²) in [5.74, 6) is 0.478. The Labute approximate surface area is 247 Å². The van der Waals surface area contributed by atoms with E-state index >= 15 is 0 Å². The van der Waals surface area contributed by atoms with Crippen molar-refractivity contribution in [1.82, 2.24) is 0 Å². The van der Waals surface area contributed by atoms with Crippen LogP contribution in [0.4, 0.5) is 17.1 Å². The molecule has 0 bridgehead atoms. The number of non-ortho nitro benzene ring substituents is 1. The zero-order chi connectivity index (χ0) is 30.5. The van der Waals surface area contributed by atoms with E-state index in [2.05, 4.69) is 90.9 Å². The van der Waals surface area contributed by atoms with E-state index in [9.17, 15) is 28.2 Å². The fraction of sp³-hybridized carbons (Fsp3) is 0.344. The van der Waals surface area contributed by atoms with E-state index in [1.807, 2.05) is 0 Å². The number of allylic oxidation sites excluding steroid dienone is 1. The van der Waals surface area contributed by atoms with Gasteiger partial charge in [0.2, 0.25) is 5.69 Å². The Morgan fingerprint density at radius 2 is 1.62 bits per heavy atom. The minimum Gasteiger partial charge on any atom is -0.744 e. The smallest absolute Gasteiger partial charge is 0.269 e. The van der Waals surface area contributed by atoms with Gasteiger partial charge in [0.05, 0.1) is 15.2 Å². The molecule has 1 fully saturated rings. The molecule has 3 aromatic carbocycles. The molecule has 0 atom stereocenters. The number of benzene rings is 3. The molecule has 0 amide bonds. The lowest BCUT2D eigenvalue weighted by molar-refractivity contribution is -0.433. The maximum absolute atomic E-state index is 10.4. The highest BCUT2D eigenvalue weighted by Crippen LogP contribution is 2.39. The van der Waals surface area contributed by atoms with Crippen LogP contribution in [-0.4, -0.2) is 59.5 Å². The predicted molar refractivity (Wildman–Crippen MR) is 163 cm³/mol. The van der Waals surface area contributed by atoms with Crippen molar-refractivity contribution in [3.05, 3.63) is 100 Å². The maximum Gasteiger partial charge on any atom is 0.269 e. The Balaban J connectivity index is 0.000000262. The van der Waals surface area contributed by atoms with Gasteiger partial charge in [-0.25, -0.2) is 8.42 Å². The van der Waals surface area contributed by atoms with Crippen molar-refractivity contribution in [2.24, 2.45) is 5.92 Å². The summed E-state index contributed by atoms with van der Waals surface area (Å²) in [5, 5.41) is 19.5. The van der Waals surface area contributed by atoms with Crippen LogP contribution in [0.1, 0.15) is 44.7 Å². The molecule has 0 saturated carbocycles. The number of aliphatic hydroxyl groups is 1. The number of fused-ring (bicyclic) bond motifs is 1. The van der Waals surface area contributed by atoms with Gasteiger partial charge in [-0.3, -0.25) is 10.1 Å². The lowest BCUT2D eigenvalue weighted by atomic mass is 9.81. The van der Waals surface area contributed by atoms with Crippen LogP contribution in [0.2, 0.25) is 0 Å². The molecule has 10 heteroatoms. The van der Waals surface area contributed by atoms with Crippen molar-refractivity contribution in [2.75, 3.05) is 31.1 Å². The standard InChI is InChI=1S/C26H33N2O.C6H5NO5S/c1-4-28-24-8-6-5-7-23(24)26(2,3)25(28)14-11-20-9-12-22(13-10-20)27-17-15-21(19-29)16-18-27;8-7(9)5-1-3-6(4-2-5)13(10,11)12/h5-14,21,29H,4,15-19H2,1-3H3;1-4H,(H,10,11,12)/q+1;/p-1. The average Bonchev–Trinajstić information content (AvgIpc) is 3.21. The Bertz CT molecular complexity index is 1570. The molecule has 9 nitrogen and oxygen atoms in total. The highest BCUT2D eigenvalue weighted by Gasteiger charge is 2.43. The average molecular weight is 592 g/mol. The maximum atomic E-state index is 10.4. The van der Waals surface area contributed by atoms with Crippen LogP contribution < -0.4 is 4.90 Å². The SMILES string of the molecule is CC[N+]1=C(C=Cc2ccc(N3CCC(CO)CC3)cc2)C(C)(C)c2ccccc21.O=[N+]([O-])c1ccc(S(=O)(=O)[O-])cc1. The van der Waals surface area contributed by atoms with Gasteiger partial charge in [0.25, 0.3) is 5.69 Å². The van der Waals surface area contributed by atoms with Gasteiger partial charge >= 0.3 is 0 Å². The molecule has 0 unspecified atom stereocenters. The Hall–Kier alpha value is -3.86. The van der Waals surface area contributed by atoms with Gasteiger partial charge in [-0.2, -0.15) is 4.58 Å². The third kappa shape index (κ3) is 6.95. The molecule has 2 heterocycles. The van der Waals surface area contributed by atoms with E-state index in [1.165, 1.54) is 28.2 Å². The molecular formula is C32H37N3O6S. The molecule has 3 aromatic rings. The second kappa shape index (κ2) is 13.0. The lowest BCUT2D eigenvalue weighted by Gasteiger charge is -2.32. The third-order valence-electron chi connectivity index (χ3n) is 8.02. The number of hydrogen-bond acceptors (Lipinski definition) is 7. The Kier molecular flexibility index (Phi) is 9.60. The van der Waals surface area contributed by atoms with Crippen LogP contribution in [0, 0.1) is 16.0 Å². The second-order valence-corrected chi connectivity index (χ2v) is 12.4. The number of anilines is 1. The molecule has 0 radical (unpaired) electrons. The summed E-state index contributed by atoms with van der Waals surface area (Å²) in [7, 11) is -4.52. The molecule has 222 valence electrons. The molecule has 0 aromatic heterocycles. The Morgan fingerprint density at radius 3 is 2.17 bits per heavy atom. The van der Waals surface area contributed by atoms with Gasteiger partial charge in [-0.15, -0.1) is 0 Å². The van der Waals surface area contributed by atoms with Crippen molar-refractivity contribution in [1.29, 1.82) is 0 Å². The second-order valence-electron chi connectivity index (χ2n) is 11.0. The predicted octanol–water partition coefficient (Wildman–Crippen LogP) is 5.50. The summed E-state index contributed by atoms with van der Waals surface area (Å²) in [5.41, 5.74) is 6.37. The molecule has 42 heavy (non-hydrogen) atoms. The summed E-state index contributed by atoms with van der Waals surface area (Å²) < 4.78 is 33.6. The normalized spacial score (nSPS) is 16.7. The van der Waals surface area contributed by atoms with Crippen molar-refractivity contribution >= 4 is 39.0 Å². The highest BCUT2D eigenvalue weighted by atomic mass is 32.2. The van der Waals surface area contributed by atoms with Crippen molar-refractivity contribution in [3.8, 4) is 0 Å². The number of nitrogens with zero attached hydrogens (tertiary/aromatic N) is 3. The van der Waals surface area contributed by atoms with Crippen LogP contribution in [-0.2, 0) is 15.5 Å². The van der Waals surface area contributed by atoms with Crippen molar-refractivity contribution in [3.63, 3.8) is 0 Å². The van der Waals surface area contributed by atoms with E-state index in [0.717, 1.165) is 56.7 Å². The summed E-state index contributed by atoms with van der Waals surface area (Å²) >= 11 is 0. The zero-order valence-electron chi connectivity index (χ0n) is 24.1. The van der Waals surface area contributed by atoms with Crippen LogP contribution in [0.3, 0.4) is 0 Å². The van der Waals surface area contributed by atoms with Crippen LogP contribution in [0.5, 0.6) is 0 Å². The number of nitro groups is 1. The first-order valence-corrected chi connectivity index (χ1v) is 15.4. The summed E-state index contributed by atoms with van der Waals surface area (Å²) in [6.45, 7) is 10.2. The molecule has 0 aliphatic carbocycles. The summed E-state index contributed by atoms with van der Waals surface area (Å²) in [4.78, 5) is 11.4. The summed E-state index contributed by atoms with van der Waals surface area (Å²) in [6, 6.07) is 21.4. The molecule has 0 spiro atoms. The van der Waals surface area contributed by atoms with Gasteiger partial charge in [0.15, 0.2) is 5.71 Å². The highest BCUT2D eigenvalue weighted by molar-refractivity contribution is 7.85. The topological polar surface area (TPSA) is 127 Å². The van der Waals surface area contributed by atoms with Crippen LogP contribution in [0.15, 0.2) is 83.8 Å². The molecule has 2 aliphatic heterocycles. The zero-order valence-corrected chi connectivity index (χ0v) is 25.0. The van der Waals surface area contributed by atoms with E-state index in [-0.39, 0.29) is 11.1 Å². The molecule has 1 saturated heterocycles. The minimum absolute atomic E-state index is 0.0140. The van der Waals surface area contributed by atoms with E-state index < -0.39 is 19.9 Å². The van der Waals surface area contributed by atoms with Crippen molar-refractivity contribution < 1.29 is 27.6 Å². The number of piperidine rings is 1. The largest absolute Gasteiger partial charge is 0.744 e.